The van der Waals surface area contributed by atoms with E-state index < -0.39 is 0 Å². The van der Waals surface area contributed by atoms with E-state index in [-0.39, 0.29) is 0 Å². The molecule has 0 saturated heterocycles. The molecule has 102 valence electrons. The minimum atomic E-state index is 0.697. The molecule has 2 nitrogen and oxygen atoms in total. The monoisotopic (exact) mass is 282 g/mol. The fourth-order valence-corrected chi connectivity index (χ4v) is 2.86. The predicted octanol–water partition coefficient (Wildman–Crippen LogP) is 3.95. The largest absolute Gasteiger partial charge is 0.362 e. The zero-order valence-corrected chi connectivity index (χ0v) is 12.4. The molecule has 1 aliphatic rings. The van der Waals surface area contributed by atoms with Crippen molar-refractivity contribution >= 4 is 23.0 Å². The zero-order chi connectivity index (χ0) is 13.9. The van der Waals surface area contributed by atoms with Crippen molar-refractivity contribution in [1.82, 2.24) is 5.32 Å². The Balaban J connectivity index is 1.79. The van der Waals surface area contributed by atoms with E-state index in [1.165, 1.54) is 22.3 Å². The first-order chi connectivity index (χ1) is 9.78. The Bertz CT molecular complexity index is 649. The van der Waals surface area contributed by atoms with Crippen molar-refractivity contribution in [2.45, 2.75) is 19.8 Å². The van der Waals surface area contributed by atoms with Crippen LogP contribution in [0.15, 0.2) is 42.5 Å². The summed E-state index contributed by atoms with van der Waals surface area (Å²) >= 11 is 5.28. The Kier molecular flexibility index (Phi) is 3.70. The van der Waals surface area contributed by atoms with Gasteiger partial charge in [-0.3, -0.25) is 0 Å². The Morgan fingerprint density at radius 2 is 1.90 bits per heavy atom. The molecule has 2 aromatic rings. The van der Waals surface area contributed by atoms with Gasteiger partial charge < -0.3 is 10.6 Å². The van der Waals surface area contributed by atoms with Crippen LogP contribution in [0, 0.1) is 0 Å². The summed E-state index contributed by atoms with van der Waals surface area (Å²) < 4.78 is 0. The number of nitrogens with one attached hydrogen (secondary N) is 2. The van der Waals surface area contributed by atoms with Crippen molar-refractivity contribution in [3.63, 3.8) is 0 Å². The average molecular weight is 282 g/mol. The highest BCUT2D eigenvalue weighted by atomic mass is 32.1. The minimum absolute atomic E-state index is 0.697. The average Bonchev–Trinajstić information content (AvgIpc) is 2.82. The number of benzene rings is 2. The van der Waals surface area contributed by atoms with Gasteiger partial charge in [0, 0.05) is 12.2 Å². The molecular weight excluding hydrogens is 264 g/mol. The zero-order valence-electron chi connectivity index (χ0n) is 11.6. The van der Waals surface area contributed by atoms with Gasteiger partial charge in [0.1, 0.15) is 0 Å². The van der Waals surface area contributed by atoms with Crippen LogP contribution in [0.5, 0.6) is 0 Å². The number of fused-ring (bicyclic) bond motifs is 3. The first kappa shape index (κ1) is 13.1. The van der Waals surface area contributed by atoms with Crippen LogP contribution in [-0.2, 0) is 6.42 Å². The molecule has 0 atom stereocenters. The number of hydrogen-bond donors (Lipinski definition) is 2. The first-order valence-corrected chi connectivity index (χ1v) is 7.45. The molecular formula is C17H18N2S. The van der Waals surface area contributed by atoms with Gasteiger partial charge in [0.25, 0.3) is 0 Å². The quantitative estimate of drug-likeness (QED) is 0.711. The third-order valence-electron chi connectivity index (χ3n) is 3.59. The van der Waals surface area contributed by atoms with Crippen LogP contribution in [0.1, 0.15) is 24.5 Å². The SMILES string of the molecule is CCCNC(=S)Nc1ccc2c(c1)Cc1ccccc1-2. The summed E-state index contributed by atoms with van der Waals surface area (Å²) in [6, 6.07) is 15.1. The predicted molar refractivity (Wildman–Crippen MR) is 89.2 cm³/mol. The molecule has 2 N–H and O–H groups in total. The summed E-state index contributed by atoms with van der Waals surface area (Å²) in [4.78, 5) is 0. The lowest BCUT2D eigenvalue weighted by Crippen LogP contribution is -2.28. The molecule has 0 radical (unpaired) electrons. The molecule has 20 heavy (non-hydrogen) atoms. The molecule has 1 aliphatic carbocycles. The molecule has 0 aliphatic heterocycles. The van der Waals surface area contributed by atoms with Crippen molar-refractivity contribution in [2.24, 2.45) is 0 Å². The Morgan fingerprint density at radius 1 is 1.10 bits per heavy atom. The standard InChI is InChI=1S/C17H18N2S/c1-2-9-18-17(20)19-14-7-8-16-13(11-14)10-12-5-3-4-6-15(12)16/h3-8,11H,2,9-10H2,1H3,(H2,18,19,20). The van der Waals surface area contributed by atoms with E-state index >= 15 is 0 Å². The number of thiocarbonyl (C=S) groups is 1. The summed E-state index contributed by atoms with van der Waals surface area (Å²) in [5, 5.41) is 7.14. The van der Waals surface area contributed by atoms with E-state index in [0.29, 0.717) is 5.11 Å². The second-order valence-corrected chi connectivity index (χ2v) is 5.49. The highest BCUT2D eigenvalue weighted by Crippen LogP contribution is 2.37. The van der Waals surface area contributed by atoms with Crippen molar-refractivity contribution in [3.8, 4) is 11.1 Å². The van der Waals surface area contributed by atoms with Gasteiger partial charge in [-0.15, -0.1) is 0 Å². The fourth-order valence-electron chi connectivity index (χ4n) is 2.64. The first-order valence-electron chi connectivity index (χ1n) is 7.04. The highest BCUT2D eigenvalue weighted by Gasteiger charge is 2.17. The maximum atomic E-state index is 5.28. The van der Waals surface area contributed by atoms with E-state index in [2.05, 4.69) is 60.0 Å². The second-order valence-electron chi connectivity index (χ2n) is 5.09. The van der Waals surface area contributed by atoms with Gasteiger partial charge in [-0.2, -0.15) is 0 Å². The van der Waals surface area contributed by atoms with Crippen LogP contribution in [0.3, 0.4) is 0 Å². The lowest BCUT2D eigenvalue weighted by molar-refractivity contribution is 0.846. The normalized spacial score (nSPS) is 11.7. The molecule has 0 bridgehead atoms. The molecule has 0 aromatic heterocycles. The molecule has 3 rings (SSSR count). The maximum absolute atomic E-state index is 5.28. The van der Waals surface area contributed by atoms with Gasteiger partial charge in [-0.1, -0.05) is 37.3 Å². The summed E-state index contributed by atoms with van der Waals surface area (Å²) in [6.45, 7) is 3.03. The van der Waals surface area contributed by atoms with E-state index in [1.54, 1.807) is 0 Å². The van der Waals surface area contributed by atoms with E-state index in [9.17, 15) is 0 Å². The molecule has 0 spiro atoms. The van der Waals surface area contributed by atoms with Crippen molar-refractivity contribution in [3.05, 3.63) is 53.6 Å². The van der Waals surface area contributed by atoms with E-state index in [1.807, 2.05) is 0 Å². The van der Waals surface area contributed by atoms with Crippen LogP contribution >= 0.6 is 12.2 Å². The van der Waals surface area contributed by atoms with Gasteiger partial charge in [-0.25, -0.2) is 0 Å². The van der Waals surface area contributed by atoms with Crippen LogP contribution in [0.25, 0.3) is 11.1 Å². The van der Waals surface area contributed by atoms with Crippen molar-refractivity contribution in [2.75, 3.05) is 11.9 Å². The van der Waals surface area contributed by atoms with Gasteiger partial charge in [0.2, 0.25) is 0 Å². The third kappa shape index (κ3) is 2.54. The van der Waals surface area contributed by atoms with Gasteiger partial charge in [-0.05, 0) is 59.4 Å². The van der Waals surface area contributed by atoms with Crippen molar-refractivity contribution < 1.29 is 0 Å². The number of rotatable bonds is 3. The molecule has 0 amide bonds. The Hall–Kier alpha value is -1.87. The molecule has 0 saturated carbocycles. The molecule has 2 aromatic carbocycles. The molecule has 3 heteroatoms. The van der Waals surface area contributed by atoms with Crippen LogP contribution in [-0.4, -0.2) is 11.7 Å². The lowest BCUT2D eigenvalue weighted by Gasteiger charge is -2.11. The molecule has 0 heterocycles. The summed E-state index contributed by atoms with van der Waals surface area (Å²) in [5.74, 6) is 0. The van der Waals surface area contributed by atoms with Gasteiger partial charge in [0.15, 0.2) is 5.11 Å². The molecule has 0 unspecified atom stereocenters. The van der Waals surface area contributed by atoms with Crippen LogP contribution in [0.2, 0.25) is 0 Å². The van der Waals surface area contributed by atoms with Gasteiger partial charge in [0.05, 0.1) is 0 Å². The Labute approximate surface area is 125 Å². The van der Waals surface area contributed by atoms with Crippen LogP contribution in [0.4, 0.5) is 5.69 Å². The number of hydrogen-bond acceptors (Lipinski definition) is 1. The highest BCUT2D eigenvalue weighted by molar-refractivity contribution is 7.80. The van der Waals surface area contributed by atoms with Gasteiger partial charge >= 0.3 is 0 Å². The second kappa shape index (κ2) is 5.63. The summed E-state index contributed by atoms with van der Waals surface area (Å²) in [6.07, 6.45) is 2.08. The molecule has 0 fully saturated rings. The smallest absolute Gasteiger partial charge is 0.170 e. The minimum Gasteiger partial charge on any atom is -0.362 e. The summed E-state index contributed by atoms with van der Waals surface area (Å²) in [5.41, 5.74) is 6.55. The Morgan fingerprint density at radius 3 is 2.75 bits per heavy atom. The third-order valence-corrected chi connectivity index (χ3v) is 3.83. The number of anilines is 1. The van der Waals surface area contributed by atoms with Crippen LogP contribution < -0.4 is 10.6 Å². The summed E-state index contributed by atoms with van der Waals surface area (Å²) in [7, 11) is 0. The van der Waals surface area contributed by atoms with Crippen molar-refractivity contribution in [1.29, 1.82) is 0 Å². The van der Waals surface area contributed by atoms with E-state index in [0.717, 1.165) is 25.1 Å². The fraction of sp³-hybridized carbons (Fsp3) is 0.235. The lowest BCUT2D eigenvalue weighted by atomic mass is 10.1. The topological polar surface area (TPSA) is 24.1 Å². The van der Waals surface area contributed by atoms with E-state index in [4.69, 9.17) is 12.2 Å². The maximum Gasteiger partial charge on any atom is 0.170 e.